The van der Waals surface area contributed by atoms with Gasteiger partial charge in [0.2, 0.25) is 0 Å². The Morgan fingerprint density at radius 1 is 1.41 bits per heavy atom. The molecule has 1 aliphatic heterocycles. The third-order valence-corrected chi connectivity index (χ3v) is 4.62. The minimum Gasteiger partial charge on any atom is -0.376 e. The van der Waals surface area contributed by atoms with Crippen LogP contribution in [0, 0.1) is 3.57 Å². The molecule has 5 heteroatoms. The van der Waals surface area contributed by atoms with Gasteiger partial charge in [0.1, 0.15) is 5.69 Å². The molecule has 1 amide bonds. The Hall–Kier alpha value is -1.34. The highest BCUT2D eigenvalue weighted by Gasteiger charge is 2.24. The van der Waals surface area contributed by atoms with E-state index in [1.807, 2.05) is 48.0 Å². The SMILES string of the molecule is CC(NC(=O)c1cccn1-c1cccc(I)c1)C1CCCO1. The maximum Gasteiger partial charge on any atom is 0.268 e. The number of carbonyl (C=O) groups excluding carboxylic acids is 1. The fraction of sp³-hybridized carbons (Fsp3) is 0.353. The number of amides is 1. The lowest BCUT2D eigenvalue weighted by atomic mass is 10.1. The molecule has 0 aliphatic carbocycles. The van der Waals surface area contributed by atoms with Gasteiger partial charge in [-0.25, -0.2) is 0 Å². The largest absolute Gasteiger partial charge is 0.376 e. The minimum atomic E-state index is -0.0631. The second-order valence-electron chi connectivity index (χ2n) is 5.56. The lowest BCUT2D eigenvalue weighted by molar-refractivity contribution is 0.0708. The number of hydrogen-bond acceptors (Lipinski definition) is 2. The summed E-state index contributed by atoms with van der Waals surface area (Å²) in [5, 5.41) is 3.06. The van der Waals surface area contributed by atoms with Crippen LogP contribution in [-0.2, 0) is 4.74 Å². The van der Waals surface area contributed by atoms with Gasteiger partial charge in [0.15, 0.2) is 0 Å². The van der Waals surface area contributed by atoms with Crippen molar-refractivity contribution in [3.8, 4) is 5.69 Å². The second-order valence-corrected chi connectivity index (χ2v) is 6.80. The van der Waals surface area contributed by atoms with E-state index in [2.05, 4.69) is 34.0 Å². The number of rotatable bonds is 4. The normalized spacial score (nSPS) is 19.1. The fourth-order valence-corrected chi connectivity index (χ4v) is 3.31. The Morgan fingerprint density at radius 2 is 2.27 bits per heavy atom. The maximum atomic E-state index is 12.6. The number of hydrogen-bond donors (Lipinski definition) is 1. The van der Waals surface area contributed by atoms with Gasteiger partial charge in [0.25, 0.3) is 5.91 Å². The van der Waals surface area contributed by atoms with Crippen molar-refractivity contribution in [2.45, 2.75) is 31.9 Å². The van der Waals surface area contributed by atoms with Crippen molar-refractivity contribution in [1.82, 2.24) is 9.88 Å². The van der Waals surface area contributed by atoms with Gasteiger partial charge >= 0.3 is 0 Å². The van der Waals surface area contributed by atoms with Gasteiger partial charge in [-0.2, -0.15) is 0 Å². The molecule has 1 fully saturated rings. The average Bonchev–Trinajstić information content (AvgIpc) is 3.18. The molecule has 2 heterocycles. The van der Waals surface area contributed by atoms with Crippen molar-refractivity contribution in [1.29, 1.82) is 0 Å². The summed E-state index contributed by atoms with van der Waals surface area (Å²) in [6.07, 6.45) is 4.13. The van der Waals surface area contributed by atoms with Gasteiger partial charge in [0.05, 0.1) is 12.1 Å². The van der Waals surface area contributed by atoms with E-state index >= 15 is 0 Å². The lowest BCUT2D eigenvalue weighted by Gasteiger charge is -2.20. The van der Waals surface area contributed by atoms with Gasteiger partial charge in [-0.1, -0.05) is 6.07 Å². The van der Waals surface area contributed by atoms with Crippen LogP contribution in [0.25, 0.3) is 5.69 Å². The fourth-order valence-electron chi connectivity index (χ4n) is 2.79. The molecule has 0 bridgehead atoms. The van der Waals surface area contributed by atoms with E-state index in [1.165, 1.54) is 0 Å². The van der Waals surface area contributed by atoms with E-state index in [0.29, 0.717) is 5.69 Å². The van der Waals surface area contributed by atoms with Crippen LogP contribution in [0.4, 0.5) is 0 Å². The molecule has 22 heavy (non-hydrogen) atoms. The standard InChI is InChI=1S/C17H19IN2O2/c1-12(16-8-4-10-22-16)19-17(21)15-7-3-9-20(15)14-6-2-5-13(18)11-14/h2-3,5-7,9,11-12,16H,4,8,10H2,1H3,(H,19,21). The summed E-state index contributed by atoms with van der Waals surface area (Å²) in [5.74, 6) is -0.0631. The topological polar surface area (TPSA) is 43.3 Å². The summed E-state index contributed by atoms with van der Waals surface area (Å²) in [4.78, 5) is 12.6. The number of aromatic nitrogens is 1. The predicted molar refractivity (Wildman–Crippen MR) is 94.4 cm³/mol. The van der Waals surface area contributed by atoms with E-state index in [1.54, 1.807) is 0 Å². The Bertz CT molecular complexity index is 662. The Labute approximate surface area is 144 Å². The molecule has 0 saturated carbocycles. The lowest BCUT2D eigenvalue weighted by Crippen LogP contribution is -2.41. The molecule has 0 spiro atoms. The number of halogens is 1. The molecule has 3 rings (SSSR count). The molecular formula is C17H19IN2O2. The molecule has 1 aromatic heterocycles. The summed E-state index contributed by atoms with van der Waals surface area (Å²) < 4.78 is 8.70. The molecular weight excluding hydrogens is 391 g/mol. The summed E-state index contributed by atoms with van der Waals surface area (Å²) in [5.41, 5.74) is 1.64. The second kappa shape index (κ2) is 6.83. The number of carbonyl (C=O) groups is 1. The molecule has 1 N–H and O–H groups in total. The first kappa shape index (κ1) is 15.6. The zero-order chi connectivity index (χ0) is 15.5. The molecule has 2 aromatic rings. The molecule has 1 aromatic carbocycles. The first-order valence-corrected chi connectivity index (χ1v) is 8.59. The van der Waals surface area contributed by atoms with Gasteiger partial charge in [-0.3, -0.25) is 4.79 Å². The summed E-state index contributed by atoms with van der Waals surface area (Å²) in [6, 6.07) is 11.8. The Kier molecular flexibility index (Phi) is 4.83. The van der Waals surface area contributed by atoms with Crippen molar-refractivity contribution in [3.05, 3.63) is 51.9 Å². The number of nitrogens with one attached hydrogen (secondary N) is 1. The summed E-state index contributed by atoms with van der Waals surface area (Å²) >= 11 is 2.27. The third-order valence-electron chi connectivity index (χ3n) is 3.95. The van der Waals surface area contributed by atoms with Crippen molar-refractivity contribution in [3.63, 3.8) is 0 Å². The summed E-state index contributed by atoms with van der Waals surface area (Å²) in [6.45, 7) is 2.80. The maximum absolute atomic E-state index is 12.6. The number of nitrogens with zero attached hydrogens (tertiary/aromatic N) is 1. The van der Waals surface area contributed by atoms with E-state index in [0.717, 1.165) is 28.7 Å². The van der Waals surface area contributed by atoms with Crippen LogP contribution in [0.2, 0.25) is 0 Å². The van der Waals surface area contributed by atoms with Crippen LogP contribution >= 0.6 is 22.6 Å². The van der Waals surface area contributed by atoms with Gasteiger partial charge < -0.3 is 14.6 Å². The molecule has 116 valence electrons. The molecule has 1 aliphatic rings. The number of ether oxygens (including phenoxy) is 1. The summed E-state index contributed by atoms with van der Waals surface area (Å²) in [7, 11) is 0. The molecule has 0 radical (unpaired) electrons. The zero-order valence-electron chi connectivity index (χ0n) is 12.5. The highest BCUT2D eigenvalue weighted by atomic mass is 127. The smallest absolute Gasteiger partial charge is 0.268 e. The van der Waals surface area contributed by atoms with Crippen LogP contribution in [0.5, 0.6) is 0 Å². The van der Waals surface area contributed by atoms with E-state index in [9.17, 15) is 4.79 Å². The predicted octanol–water partition coefficient (Wildman–Crippen LogP) is 3.38. The minimum absolute atomic E-state index is 0.0225. The van der Waals surface area contributed by atoms with E-state index < -0.39 is 0 Å². The highest BCUT2D eigenvalue weighted by Crippen LogP contribution is 2.18. The quantitative estimate of drug-likeness (QED) is 0.786. The van der Waals surface area contributed by atoms with Crippen LogP contribution < -0.4 is 5.32 Å². The highest BCUT2D eigenvalue weighted by molar-refractivity contribution is 14.1. The van der Waals surface area contributed by atoms with E-state index in [4.69, 9.17) is 4.74 Å². The van der Waals surface area contributed by atoms with Crippen LogP contribution in [0.3, 0.4) is 0 Å². The van der Waals surface area contributed by atoms with E-state index in [-0.39, 0.29) is 18.1 Å². The molecule has 2 unspecified atom stereocenters. The first-order valence-electron chi connectivity index (χ1n) is 7.51. The van der Waals surface area contributed by atoms with Crippen molar-refractivity contribution < 1.29 is 9.53 Å². The van der Waals surface area contributed by atoms with Crippen molar-refractivity contribution >= 4 is 28.5 Å². The van der Waals surface area contributed by atoms with Gasteiger partial charge in [0, 0.05) is 22.1 Å². The molecule has 4 nitrogen and oxygen atoms in total. The van der Waals surface area contributed by atoms with Crippen LogP contribution in [-0.4, -0.2) is 29.2 Å². The van der Waals surface area contributed by atoms with Gasteiger partial charge in [-0.05, 0) is 72.7 Å². The third kappa shape index (κ3) is 3.35. The number of benzene rings is 1. The molecule has 1 saturated heterocycles. The van der Waals surface area contributed by atoms with Crippen molar-refractivity contribution in [2.24, 2.45) is 0 Å². The monoisotopic (exact) mass is 410 g/mol. The van der Waals surface area contributed by atoms with Crippen LogP contribution in [0.1, 0.15) is 30.3 Å². The average molecular weight is 410 g/mol. The Morgan fingerprint density at radius 3 is 3.00 bits per heavy atom. The van der Waals surface area contributed by atoms with Gasteiger partial charge in [-0.15, -0.1) is 0 Å². The zero-order valence-corrected chi connectivity index (χ0v) is 14.6. The van der Waals surface area contributed by atoms with Crippen molar-refractivity contribution in [2.75, 3.05) is 6.61 Å². The Balaban J connectivity index is 1.77. The molecule has 2 atom stereocenters. The first-order chi connectivity index (χ1) is 10.6. The van der Waals surface area contributed by atoms with Crippen LogP contribution in [0.15, 0.2) is 42.6 Å².